The van der Waals surface area contributed by atoms with E-state index in [9.17, 15) is 4.79 Å². The Balaban J connectivity index is 1.88. The summed E-state index contributed by atoms with van der Waals surface area (Å²) < 4.78 is 0. The van der Waals surface area contributed by atoms with Gasteiger partial charge in [0.15, 0.2) is 0 Å². The zero-order valence-corrected chi connectivity index (χ0v) is 12.7. The lowest BCUT2D eigenvalue weighted by atomic mass is 9.85. The Hall–Kier alpha value is -2.35. The van der Waals surface area contributed by atoms with Crippen LogP contribution in [0.15, 0.2) is 72.8 Å². The highest BCUT2D eigenvalue weighted by molar-refractivity contribution is 5.78. The van der Waals surface area contributed by atoms with Crippen LogP contribution in [0.1, 0.15) is 29.9 Å². The van der Waals surface area contributed by atoms with Gasteiger partial charge in [0.25, 0.3) is 0 Å². The molecule has 2 aromatic carbocycles. The Morgan fingerprint density at radius 3 is 2.00 bits per heavy atom. The number of hydrogen-bond donors (Lipinski definition) is 0. The van der Waals surface area contributed by atoms with Crippen LogP contribution in [0.5, 0.6) is 0 Å². The SMILES string of the molecule is C=C(CN1CCCC1=O)C(c1ccccc1)c1ccccc1. The summed E-state index contributed by atoms with van der Waals surface area (Å²) in [5.74, 6) is 0.386. The van der Waals surface area contributed by atoms with E-state index >= 15 is 0 Å². The standard InChI is InChI=1S/C20H21NO/c1-16(15-21-14-8-13-19(21)22)20(17-9-4-2-5-10-17)18-11-6-3-7-12-18/h2-7,9-12,20H,1,8,13-15H2. The van der Waals surface area contributed by atoms with E-state index in [1.807, 2.05) is 17.0 Å². The number of hydrogen-bond acceptors (Lipinski definition) is 1. The molecule has 2 nitrogen and oxygen atoms in total. The van der Waals surface area contributed by atoms with Gasteiger partial charge in [-0.05, 0) is 23.1 Å². The number of benzene rings is 2. The lowest BCUT2D eigenvalue weighted by Crippen LogP contribution is -2.28. The molecule has 3 rings (SSSR count). The molecule has 0 spiro atoms. The molecule has 0 aliphatic carbocycles. The summed E-state index contributed by atoms with van der Waals surface area (Å²) in [4.78, 5) is 13.8. The summed E-state index contributed by atoms with van der Waals surface area (Å²) >= 11 is 0. The van der Waals surface area contributed by atoms with Gasteiger partial charge < -0.3 is 4.90 Å². The van der Waals surface area contributed by atoms with Crippen molar-refractivity contribution in [2.24, 2.45) is 0 Å². The van der Waals surface area contributed by atoms with E-state index in [1.54, 1.807) is 0 Å². The zero-order chi connectivity index (χ0) is 15.4. The second-order valence-electron chi connectivity index (χ2n) is 5.83. The molecule has 1 aliphatic heterocycles. The Morgan fingerprint density at radius 1 is 1.00 bits per heavy atom. The molecule has 1 fully saturated rings. The molecule has 0 aromatic heterocycles. The first-order valence-electron chi connectivity index (χ1n) is 7.81. The summed E-state index contributed by atoms with van der Waals surface area (Å²) in [6.45, 7) is 5.81. The maximum atomic E-state index is 11.9. The molecular weight excluding hydrogens is 270 g/mol. The first-order valence-corrected chi connectivity index (χ1v) is 7.81. The van der Waals surface area contributed by atoms with Crippen molar-refractivity contribution in [3.05, 3.63) is 83.9 Å². The molecule has 0 unspecified atom stereocenters. The molecule has 0 N–H and O–H groups in total. The quantitative estimate of drug-likeness (QED) is 0.763. The summed E-state index contributed by atoms with van der Waals surface area (Å²) in [6, 6.07) is 20.8. The molecule has 112 valence electrons. The fourth-order valence-corrected chi connectivity index (χ4v) is 3.16. The van der Waals surface area contributed by atoms with Crippen molar-refractivity contribution >= 4 is 5.91 Å². The average Bonchev–Trinajstić information content (AvgIpc) is 2.95. The lowest BCUT2D eigenvalue weighted by molar-refractivity contribution is -0.127. The smallest absolute Gasteiger partial charge is 0.222 e. The monoisotopic (exact) mass is 291 g/mol. The van der Waals surface area contributed by atoms with Gasteiger partial charge >= 0.3 is 0 Å². The molecule has 2 aromatic rings. The number of amides is 1. The summed E-state index contributed by atoms with van der Waals surface area (Å²) in [5.41, 5.74) is 3.53. The van der Waals surface area contributed by atoms with Gasteiger partial charge in [0.2, 0.25) is 5.91 Å². The van der Waals surface area contributed by atoms with Crippen LogP contribution < -0.4 is 0 Å². The van der Waals surface area contributed by atoms with Crippen molar-refractivity contribution in [3.63, 3.8) is 0 Å². The molecule has 0 bridgehead atoms. The van der Waals surface area contributed by atoms with Crippen LogP contribution in [0.2, 0.25) is 0 Å². The number of rotatable bonds is 5. The van der Waals surface area contributed by atoms with Crippen molar-refractivity contribution in [2.75, 3.05) is 13.1 Å². The van der Waals surface area contributed by atoms with Crippen LogP contribution in [0.4, 0.5) is 0 Å². The molecule has 1 amide bonds. The first kappa shape index (κ1) is 14.6. The van der Waals surface area contributed by atoms with Crippen LogP contribution >= 0.6 is 0 Å². The van der Waals surface area contributed by atoms with Gasteiger partial charge in [-0.1, -0.05) is 67.2 Å². The highest BCUT2D eigenvalue weighted by Crippen LogP contribution is 2.31. The van der Waals surface area contributed by atoms with Gasteiger partial charge in [0.05, 0.1) is 0 Å². The number of carbonyl (C=O) groups is 1. The highest BCUT2D eigenvalue weighted by atomic mass is 16.2. The third-order valence-electron chi connectivity index (χ3n) is 4.24. The lowest BCUT2D eigenvalue weighted by Gasteiger charge is -2.25. The number of carbonyl (C=O) groups excluding carboxylic acids is 1. The van der Waals surface area contributed by atoms with Crippen LogP contribution in [-0.2, 0) is 4.79 Å². The van der Waals surface area contributed by atoms with Gasteiger partial charge in [0, 0.05) is 25.4 Å². The van der Waals surface area contributed by atoms with Gasteiger partial charge in [-0.3, -0.25) is 4.79 Å². The topological polar surface area (TPSA) is 20.3 Å². The van der Waals surface area contributed by atoms with Crippen molar-refractivity contribution in [1.29, 1.82) is 0 Å². The molecule has 1 saturated heterocycles. The molecular formula is C20H21NO. The molecule has 22 heavy (non-hydrogen) atoms. The van der Waals surface area contributed by atoms with Gasteiger partial charge in [0.1, 0.15) is 0 Å². The Morgan fingerprint density at radius 2 is 1.55 bits per heavy atom. The molecule has 1 heterocycles. The first-order chi connectivity index (χ1) is 10.8. The second-order valence-corrected chi connectivity index (χ2v) is 5.83. The third-order valence-corrected chi connectivity index (χ3v) is 4.24. The maximum Gasteiger partial charge on any atom is 0.222 e. The minimum absolute atomic E-state index is 0.135. The van der Waals surface area contributed by atoms with Crippen molar-refractivity contribution < 1.29 is 4.79 Å². The van der Waals surface area contributed by atoms with E-state index in [0.717, 1.165) is 18.5 Å². The fourth-order valence-electron chi connectivity index (χ4n) is 3.16. The molecule has 2 heteroatoms. The van der Waals surface area contributed by atoms with Crippen LogP contribution in [-0.4, -0.2) is 23.9 Å². The minimum atomic E-state index is 0.135. The molecule has 0 atom stereocenters. The largest absolute Gasteiger partial charge is 0.339 e. The maximum absolute atomic E-state index is 11.9. The van der Waals surface area contributed by atoms with Crippen LogP contribution in [0.25, 0.3) is 0 Å². The summed E-state index contributed by atoms with van der Waals surface area (Å²) in [6.07, 6.45) is 1.64. The van der Waals surface area contributed by atoms with Gasteiger partial charge in [-0.15, -0.1) is 0 Å². The molecule has 1 aliphatic rings. The van der Waals surface area contributed by atoms with Gasteiger partial charge in [-0.2, -0.15) is 0 Å². The minimum Gasteiger partial charge on any atom is -0.339 e. The second kappa shape index (κ2) is 6.61. The highest BCUT2D eigenvalue weighted by Gasteiger charge is 2.24. The number of nitrogens with zero attached hydrogens (tertiary/aromatic N) is 1. The van der Waals surface area contributed by atoms with E-state index in [-0.39, 0.29) is 11.8 Å². The normalized spacial score (nSPS) is 14.6. The predicted molar refractivity (Wildman–Crippen MR) is 89.7 cm³/mol. The predicted octanol–water partition coefficient (Wildman–Crippen LogP) is 4.00. The Labute approximate surface area is 132 Å². The summed E-state index contributed by atoms with van der Waals surface area (Å²) in [7, 11) is 0. The van der Waals surface area contributed by atoms with E-state index in [2.05, 4.69) is 55.1 Å². The Bertz CT molecular complexity index is 608. The zero-order valence-electron chi connectivity index (χ0n) is 12.7. The third kappa shape index (κ3) is 3.11. The van der Waals surface area contributed by atoms with E-state index < -0.39 is 0 Å². The van der Waals surface area contributed by atoms with Crippen LogP contribution in [0.3, 0.4) is 0 Å². The van der Waals surface area contributed by atoms with E-state index in [0.29, 0.717) is 13.0 Å². The fraction of sp³-hybridized carbons (Fsp3) is 0.250. The van der Waals surface area contributed by atoms with Crippen LogP contribution in [0, 0.1) is 0 Å². The number of likely N-dealkylation sites (tertiary alicyclic amines) is 1. The average molecular weight is 291 g/mol. The Kier molecular flexibility index (Phi) is 4.38. The van der Waals surface area contributed by atoms with Crippen molar-refractivity contribution in [1.82, 2.24) is 4.90 Å². The van der Waals surface area contributed by atoms with E-state index in [4.69, 9.17) is 0 Å². The molecule has 0 radical (unpaired) electrons. The van der Waals surface area contributed by atoms with E-state index in [1.165, 1.54) is 11.1 Å². The summed E-state index contributed by atoms with van der Waals surface area (Å²) in [5, 5.41) is 0. The van der Waals surface area contributed by atoms with Crippen molar-refractivity contribution in [3.8, 4) is 0 Å². The van der Waals surface area contributed by atoms with Gasteiger partial charge in [-0.25, -0.2) is 0 Å². The van der Waals surface area contributed by atoms with Crippen molar-refractivity contribution in [2.45, 2.75) is 18.8 Å². The molecule has 0 saturated carbocycles.